The molecule has 3 aromatic carbocycles. The van der Waals surface area contributed by atoms with Crippen molar-refractivity contribution in [1.29, 1.82) is 0 Å². The molecule has 4 rings (SSSR count). The zero-order chi connectivity index (χ0) is 20.6. The fraction of sp³-hybridized carbons (Fsp3) is 0.429. The van der Waals surface area contributed by atoms with Gasteiger partial charge >= 0.3 is 0 Å². The maximum absolute atomic E-state index is 3.70. The number of piperidine rings is 1. The molecule has 1 unspecified atom stereocenters. The first-order valence-corrected chi connectivity index (χ1v) is 11.8. The molecule has 1 saturated heterocycles. The molecule has 2 nitrogen and oxygen atoms in total. The molecule has 1 fully saturated rings. The largest absolute Gasteiger partial charge is 0.313 e. The summed E-state index contributed by atoms with van der Waals surface area (Å²) in [6.07, 6.45) is 7.58. The minimum Gasteiger partial charge on any atom is -0.313 e. The third-order valence-electron chi connectivity index (χ3n) is 6.72. The molecule has 3 aromatic rings. The van der Waals surface area contributed by atoms with Gasteiger partial charge in [-0.25, -0.2) is 0 Å². The number of nitrogens with one attached hydrogen (secondary N) is 1. The minimum atomic E-state index is 0.772. The normalized spacial score (nSPS) is 17.4. The fourth-order valence-corrected chi connectivity index (χ4v) is 4.87. The van der Waals surface area contributed by atoms with Crippen molar-refractivity contribution >= 4 is 10.8 Å². The van der Waals surface area contributed by atoms with Crippen molar-refractivity contribution in [1.82, 2.24) is 10.2 Å². The SMILES string of the molecule is CC1CCCCN1CCCNCc1ccccc1CCc1cccc2ccccc12. The third-order valence-corrected chi connectivity index (χ3v) is 6.72. The Hall–Kier alpha value is -2.16. The highest BCUT2D eigenvalue weighted by atomic mass is 15.2. The molecule has 0 spiro atoms. The van der Waals surface area contributed by atoms with E-state index in [1.54, 1.807) is 0 Å². The Kier molecular flexibility index (Phi) is 7.55. The summed E-state index contributed by atoms with van der Waals surface area (Å²) in [7, 11) is 0. The summed E-state index contributed by atoms with van der Waals surface area (Å²) in [5.74, 6) is 0. The smallest absolute Gasteiger partial charge is 0.0208 e. The van der Waals surface area contributed by atoms with Crippen LogP contribution in [0.15, 0.2) is 66.7 Å². The standard InChI is InChI=1S/C28H36N2/c1-23-10-6-7-20-30(23)21-9-19-29-22-27-13-3-2-11-24(27)17-18-26-15-8-14-25-12-4-5-16-28(25)26/h2-5,8,11-16,23,29H,6-7,9-10,17-22H2,1H3. The number of benzene rings is 3. The first-order chi connectivity index (χ1) is 14.8. The van der Waals surface area contributed by atoms with Crippen LogP contribution in [-0.2, 0) is 19.4 Å². The van der Waals surface area contributed by atoms with Crippen molar-refractivity contribution in [3.8, 4) is 0 Å². The first kappa shape index (κ1) is 21.1. The van der Waals surface area contributed by atoms with E-state index in [4.69, 9.17) is 0 Å². The zero-order valence-electron chi connectivity index (χ0n) is 18.4. The minimum absolute atomic E-state index is 0.772. The highest BCUT2D eigenvalue weighted by Gasteiger charge is 2.17. The molecule has 1 atom stereocenters. The molecule has 1 aliphatic heterocycles. The van der Waals surface area contributed by atoms with E-state index >= 15 is 0 Å². The summed E-state index contributed by atoms with van der Waals surface area (Å²) in [6.45, 7) is 6.98. The highest BCUT2D eigenvalue weighted by molar-refractivity contribution is 5.85. The lowest BCUT2D eigenvalue weighted by Gasteiger charge is -2.33. The van der Waals surface area contributed by atoms with Gasteiger partial charge < -0.3 is 10.2 Å². The van der Waals surface area contributed by atoms with Crippen LogP contribution in [0.25, 0.3) is 10.8 Å². The molecule has 0 saturated carbocycles. The molecule has 158 valence electrons. The highest BCUT2D eigenvalue weighted by Crippen LogP contribution is 2.21. The second-order valence-electron chi connectivity index (χ2n) is 8.82. The van der Waals surface area contributed by atoms with E-state index in [2.05, 4.69) is 83.9 Å². The molecule has 30 heavy (non-hydrogen) atoms. The van der Waals surface area contributed by atoms with Gasteiger partial charge in [0.1, 0.15) is 0 Å². The Morgan fingerprint density at radius 1 is 0.833 bits per heavy atom. The number of fused-ring (bicyclic) bond motifs is 1. The maximum Gasteiger partial charge on any atom is 0.0208 e. The van der Waals surface area contributed by atoms with Gasteiger partial charge in [-0.15, -0.1) is 0 Å². The Balaban J connectivity index is 1.28. The summed E-state index contributed by atoms with van der Waals surface area (Å²) in [6, 6.07) is 25.1. The van der Waals surface area contributed by atoms with Crippen LogP contribution in [0.5, 0.6) is 0 Å². The quantitative estimate of drug-likeness (QED) is 0.445. The molecule has 0 aromatic heterocycles. The van der Waals surface area contributed by atoms with Crippen molar-refractivity contribution in [2.45, 2.75) is 58.0 Å². The van der Waals surface area contributed by atoms with Crippen LogP contribution < -0.4 is 5.32 Å². The molecule has 0 bridgehead atoms. The molecular weight excluding hydrogens is 364 g/mol. The van der Waals surface area contributed by atoms with E-state index in [1.165, 1.54) is 66.2 Å². The average molecular weight is 401 g/mol. The monoisotopic (exact) mass is 400 g/mol. The van der Waals surface area contributed by atoms with E-state index < -0.39 is 0 Å². The Bertz CT molecular complexity index is 927. The van der Waals surface area contributed by atoms with Gasteiger partial charge in [0.05, 0.1) is 0 Å². The molecule has 1 heterocycles. The molecular formula is C28H36N2. The summed E-state index contributed by atoms with van der Waals surface area (Å²) in [4.78, 5) is 2.67. The average Bonchev–Trinajstić information content (AvgIpc) is 2.79. The summed E-state index contributed by atoms with van der Waals surface area (Å²) in [5.41, 5.74) is 4.37. The van der Waals surface area contributed by atoms with Crippen molar-refractivity contribution in [2.24, 2.45) is 0 Å². The second-order valence-corrected chi connectivity index (χ2v) is 8.82. The Morgan fingerprint density at radius 3 is 2.47 bits per heavy atom. The first-order valence-electron chi connectivity index (χ1n) is 11.8. The van der Waals surface area contributed by atoms with Crippen LogP contribution in [0.1, 0.15) is 49.3 Å². The van der Waals surface area contributed by atoms with Crippen LogP contribution in [-0.4, -0.2) is 30.6 Å². The van der Waals surface area contributed by atoms with Crippen LogP contribution in [0, 0.1) is 0 Å². The van der Waals surface area contributed by atoms with Gasteiger partial charge in [0.2, 0.25) is 0 Å². The molecule has 0 amide bonds. The van der Waals surface area contributed by atoms with Crippen LogP contribution in [0.2, 0.25) is 0 Å². The molecule has 0 aliphatic carbocycles. The zero-order valence-corrected chi connectivity index (χ0v) is 18.4. The van der Waals surface area contributed by atoms with Gasteiger partial charge in [-0.05, 0) is 86.1 Å². The lowest BCUT2D eigenvalue weighted by molar-refractivity contribution is 0.159. The number of hydrogen-bond donors (Lipinski definition) is 1. The fourth-order valence-electron chi connectivity index (χ4n) is 4.87. The lowest BCUT2D eigenvalue weighted by atomic mass is 9.96. The van der Waals surface area contributed by atoms with Gasteiger partial charge in [-0.1, -0.05) is 73.2 Å². The number of likely N-dealkylation sites (tertiary alicyclic amines) is 1. The van der Waals surface area contributed by atoms with Crippen molar-refractivity contribution < 1.29 is 0 Å². The van der Waals surface area contributed by atoms with Crippen LogP contribution in [0.3, 0.4) is 0 Å². The van der Waals surface area contributed by atoms with Crippen LogP contribution in [0.4, 0.5) is 0 Å². The number of nitrogens with zero attached hydrogens (tertiary/aromatic N) is 1. The van der Waals surface area contributed by atoms with Gasteiger partial charge in [-0.3, -0.25) is 0 Å². The number of hydrogen-bond acceptors (Lipinski definition) is 2. The van der Waals surface area contributed by atoms with Crippen LogP contribution >= 0.6 is 0 Å². The van der Waals surface area contributed by atoms with E-state index in [0.717, 1.165) is 32.0 Å². The van der Waals surface area contributed by atoms with Crippen molar-refractivity contribution in [3.63, 3.8) is 0 Å². The Morgan fingerprint density at radius 2 is 1.57 bits per heavy atom. The number of rotatable bonds is 9. The van der Waals surface area contributed by atoms with Gasteiger partial charge in [0.15, 0.2) is 0 Å². The van der Waals surface area contributed by atoms with Gasteiger partial charge in [-0.2, -0.15) is 0 Å². The summed E-state index contributed by atoms with van der Waals surface area (Å²) < 4.78 is 0. The number of aryl methyl sites for hydroxylation is 2. The molecule has 1 aliphatic rings. The Labute approximate surface area is 182 Å². The maximum atomic E-state index is 3.70. The lowest BCUT2D eigenvalue weighted by Crippen LogP contribution is -2.38. The third kappa shape index (κ3) is 5.50. The molecule has 0 radical (unpaired) electrons. The van der Waals surface area contributed by atoms with E-state index in [1.807, 2.05) is 0 Å². The topological polar surface area (TPSA) is 15.3 Å². The van der Waals surface area contributed by atoms with Crippen molar-refractivity contribution in [3.05, 3.63) is 83.4 Å². The van der Waals surface area contributed by atoms with E-state index in [-0.39, 0.29) is 0 Å². The summed E-state index contributed by atoms with van der Waals surface area (Å²) >= 11 is 0. The summed E-state index contributed by atoms with van der Waals surface area (Å²) in [5, 5.41) is 6.43. The van der Waals surface area contributed by atoms with Gasteiger partial charge in [0.25, 0.3) is 0 Å². The molecule has 1 N–H and O–H groups in total. The van der Waals surface area contributed by atoms with E-state index in [9.17, 15) is 0 Å². The van der Waals surface area contributed by atoms with Crippen molar-refractivity contribution in [2.75, 3.05) is 19.6 Å². The predicted molar refractivity (Wildman–Crippen MR) is 129 cm³/mol. The van der Waals surface area contributed by atoms with E-state index in [0.29, 0.717) is 0 Å². The predicted octanol–water partition coefficient (Wildman–Crippen LogP) is 5.98. The molecule has 2 heteroatoms. The second kappa shape index (κ2) is 10.7. The van der Waals surface area contributed by atoms with Gasteiger partial charge in [0, 0.05) is 12.6 Å².